The number of aryl methyl sites for hydroxylation is 1. The summed E-state index contributed by atoms with van der Waals surface area (Å²) < 4.78 is 5.17. The number of nitrogens with two attached hydrogens (primary N) is 2. The molecule has 1 aliphatic heterocycles. The molecule has 1 aromatic heterocycles. The number of aromatic nitrogens is 2. The lowest BCUT2D eigenvalue weighted by atomic mass is 10.2. The Bertz CT molecular complexity index is 563. The summed E-state index contributed by atoms with van der Waals surface area (Å²) in [6.07, 6.45) is 0. The number of rotatable bonds is 3. The van der Waals surface area contributed by atoms with Gasteiger partial charge in [-0.2, -0.15) is 4.98 Å². The first kappa shape index (κ1) is 13.9. The summed E-state index contributed by atoms with van der Waals surface area (Å²) in [6, 6.07) is -0.823. The van der Waals surface area contributed by atoms with Gasteiger partial charge in [0.25, 0.3) is 0 Å². The molecule has 0 saturated carbocycles. The summed E-state index contributed by atoms with van der Waals surface area (Å²) in [5.41, 5.74) is 10.7. The highest BCUT2D eigenvalue weighted by atomic mass is 16.6. The van der Waals surface area contributed by atoms with Gasteiger partial charge in [0.15, 0.2) is 0 Å². The maximum absolute atomic E-state index is 11.4. The second-order valence-electron chi connectivity index (χ2n) is 4.28. The van der Waals surface area contributed by atoms with Crippen LogP contribution in [0.25, 0.3) is 0 Å². The molecule has 1 amide bonds. The van der Waals surface area contributed by atoms with Crippen molar-refractivity contribution >= 4 is 23.4 Å². The molecule has 1 aromatic rings. The van der Waals surface area contributed by atoms with Gasteiger partial charge in [-0.1, -0.05) is 0 Å². The highest BCUT2D eigenvalue weighted by Crippen LogP contribution is 2.31. The SMILES string of the molecule is Cc1nc(N)nc(N2CCOCC2C(N)=O)c1[N+](=O)[O-]. The van der Waals surface area contributed by atoms with Gasteiger partial charge >= 0.3 is 5.69 Å². The van der Waals surface area contributed by atoms with E-state index in [4.69, 9.17) is 16.2 Å². The largest absolute Gasteiger partial charge is 0.377 e. The van der Waals surface area contributed by atoms with Crippen LogP contribution < -0.4 is 16.4 Å². The molecule has 1 unspecified atom stereocenters. The number of nitrogen functional groups attached to an aromatic ring is 1. The molecule has 0 bridgehead atoms. The smallest absolute Gasteiger partial charge is 0.332 e. The number of carbonyl (C=O) groups excluding carboxylic acids is 1. The standard InChI is InChI=1S/C10H14N6O4/c1-5-7(16(18)19)9(14-10(12)13-5)15-2-3-20-4-6(15)8(11)17/h6H,2-4H2,1H3,(H2,11,17)(H2,12,13,14). The lowest BCUT2D eigenvalue weighted by Crippen LogP contribution is -2.53. The summed E-state index contributed by atoms with van der Waals surface area (Å²) in [5, 5.41) is 11.2. The van der Waals surface area contributed by atoms with E-state index in [1.54, 1.807) is 0 Å². The second kappa shape index (κ2) is 5.25. The van der Waals surface area contributed by atoms with Gasteiger partial charge in [-0.05, 0) is 6.92 Å². The first-order valence-electron chi connectivity index (χ1n) is 5.84. The van der Waals surface area contributed by atoms with Crippen LogP contribution in [-0.4, -0.2) is 46.6 Å². The molecule has 2 rings (SSSR count). The first-order chi connectivity index (χ1) is 9.41. The minimum atomic E-state index is -0.823. The van der Waals surface area contributed by atoms with Crippen LogP contribution in [0.3, 0.4) is 0 Å². The van der Waals surface area contributed by atoms with Crippen LogP contribution in [0.2, 0.25) is 0 Å². The first-order valence-corrected chi connectivity index (χ1v) is 5.84. The third kappa shape index (κ3) is 2.45. The molecular weight excluding hydrogens is 268 g/mol. The molecule has 108 valence electrons. The molecule has 1 atom stereocenters. The molecule has 1 saturated heterocycles. The Morgan fingerprint density at radius 2 is 2.25 bits per heavy atom. The minimum Gasteiger partial charge on any atom is -0.377 e. The molecule has 0 spiro atoms. The van der Waals surface area contributed by atoms with Crippen LogP contribution in [0.15, 0.2) is 0 Å². The van der Waals surface area contributed by atoms with Gasteiger partial charge in [0, 0.05) is 6.54 Å². The fourth-order valence-corrected chi connectivity index (χ4v) is 2.08. The van der Waals surface area contributed by atoms with Crippen molar-refractivity contribution in [1.82, 2.24) is 9.97 Å². The molecule has 2 heterocycles. The number of amides is 1. The zero-order valence-electron chi connectivity index (χ0n) is 10.8. The third-order valence-corrected chi connectivity index (χ3v) is 2.97. The van der Waals surface area contributed by atoms with Gasteiger partial charge in [0.1, 0.15) is 11.7 Å². The molecular formula is C10H14N6O4. The van der Waals surface area contributed by atoms with Crippen LogP contribution in [0, 0.1) is 17.0 Å². The van der Waals surface area contributed by atoms with Crippen molar-refractivity contribution < 1.29 is 14.5 Å². The number of primary amides is 1. The summed E-state index contributed by atoms with van der Waals surface area (Å²) in [6.45, 7) is 2.07. The van der Waals surface area contributed by atoms with E-state index in [1.807, 2.05) is 0 Å². The van der Waals surface area contributed by atoms with Crippen molar-refractivity contribution in [2.75, 3.05) is 30.4 Å². The number of anilines is 2. The summed E-state index contributed by atoms with van der Waals surface area (Å²) in [7, 11) is 0. The van der Waals surface area contributed by atoms with E-state index >= 15 is 0 Å². The van der Waals surface area contributed by atoms with E-state index in [2.05, 4.69) is 9.97 Å². The Labute approximate surface area is 113 Å². The molecule has 1 fully saturated rings. The average Bonchev–Trinajstić information content (AvgIpc) is 2.37. The monoisotopic (exact) mass is 282 g/mol. The van der Waals surface area contributed by atoms with E-state index in [9.17, 15) is 14.9 Å². The molecule has 20 heavy (non-hydrogen) atoms. The number of nitro groups is 1. The number of morpholine rings is 1. The Hall–Kier alpha value is -2.49. The van der Waals surface area contributed by atoms with Crippen LogP contribution in [0.5, 0.6) is 0 Å². The predicted octanol–water partition coefficient (Wildman–Crippen LogP) is -1.03. The third-order valence-electron chi connectivity index (χ3n) is 2.97. The maximum atomic E-state index is 11.4. The van der Waals surface area contributed by atoms with Crippen molar-refractivity contribution in [3.63, 3.8) is 0 Å². The Balaban J connectivity index is 2.54. The Morgan fingerprint density at radius 3 is 2.85 bits per heavy atom. The number of nitrogens with zero attached hydrogens (tertiary/aromatic N) is 4. The number of hydrogen-bond donors (Lipinski definition) is 2. The molecule has 0 radical (unpaired) electrons. The zero-order chi connectivity index (χ0) is 14.9. The fourth-order valence-electron chi connectivity index (χ4n) is 2.08. The van der Waals surface area contributed by atoms with Crippen LogP contribution in [0.4, 0.5) is 17.5 Å². The van der Waals surface area contributed by atoms with Crippen molar-refractivity contribution in [1.29, 1.82) is 0 Å². The second-order valence-corrected chi connectivity index (χ2v) is 4.28. The topological polar surface area (TPSA) is 150 Å². The lowest BCUT2D eigenvalue weighted by Gasteiger charge is -2.34. The lowest BCUT2D eigenvalue weighted by molar-refractivity contribution is -0.385. The molecule has 0 aromatic carbocycles. The molecule has 4 N–H and O–H groups in total. The highest BCUT2D eigenvalue weighted by Gasteiger charge is 2.35. The van der Waals surface area contributed by atoms with Gasteiger partial charge in [-0.25, -0.2) is 4.98 Å². The van der Waals surface area contributed by atoms with Gasteiger partial charge in [0.05, 0.1) is 18.1 Å². The molecule has 1 aliphatic rings. The van der Waals surface area contributed by atoms with Gasteiger partial charge in [-0.3, -0.25) is 14.9 Å². The number of ether oxygens (including phenoxy) is 1. The van der Waals surface area contributed by atoms with E-state index in [1.165, 1.54) is 11.8 Å². The van der Waals surface area contributed by atoms with Gasteiger partial charge < -0.3 is 21.1 Å². The highest BCUT2D eigenvalue weighted by molar-refractivity contribution is 5.84. The van der Waals surface area contributed by atoms with E-state index in [-0.39, 0.29) is 36.3 Å². The Kier molecular flexibility index (Phi) is 3.66. The zero-order valence-corrected chi connectivity index (χ0v) is 10.8. The normalized spacial score (nSPS) is 18.9. The van der Waals surface area contributed by atoms with Crippen LogP contribution >= 0.6 is 0 Å². The van der Waals surface area contributed by atoms with Crippen LogP contribution in [0.1, 0.15) is 5.69 Å². The van der Waals surface area contributed by atoms with E-state index in [0.717, 1.165) is 0 Å². The van der Waals surface area contributed by atoms with Gasteiger partial charge in [-0.15, -0.1) is 0 Å². The van der Waals surface area contributed by atoms with Crippen molar-refractivity contribution in [3.8, 4) is 0 Å². The van der Waals surface area contributed by atoms with Crippen molar-refractivity contribution in [3.05, 3.63) is 15.8 Å². The summed E-state index contributed by atoms with van der Waals surface area (Å²) in [5.74, 6) is -0.751. The molecule has 10 nitrogen and oxygen atoms in total. The predicted molar refractivity (Wildman–Crippen MR) is 69.0 cm³/mol. The quantitative estimate of drug-likeness (QED) is 0.527. The summed E-state index contributed by atoms with van der Waals surface area (Å²) >= 11 is 0. The van der Waals surface area contributed by atoms with E-state index in [0.29, 0.717) is 6.61 Å². The Morgan fingerprint density at radius 1 is 1.55 bits per heavy atom. The van der Waals surface area contributed by atoms with Crippen LogP contribution in [-0.2, 0) is 9.53 Å². The van der Waals surface area contributed by atoms with Crippen molar-refractivity contribution in [2.45, 2.75) is 13.0 Å². The number of carbonyl (C=O) groups is 1. The minimum absolute atomic E-state index is 0.00731. The van der Waals surface area contributed by atoms with E-state index < -0.39 is 16.9 Å². The number of hydrogen-bond acceptors (Lipinski definition) is 8. The fraction of sp³-hybridized carbons (Fsp3) is 0.500. The summed E-state index contributed by atoms with van der Waals surface area (Å²) in [4.78, 5) is 31.1. The van der Waals surface area contributed by atoms with Gasteiger partial charge in [0.2, 0.25) is 17.7 Å². The van der Waals surface area contributed by atoms with Crippen molar-refractivity contribution in [2.24, 2.45) is 5.73 Å². The average molecular weight is 282 g/mol. The molecule has 0 aliphatic carbocycles. The maximum Gasteiger partial charge on any atom is 0.332 e. The molecule has 10 heteroatoms.